The van der Waals surface area contributed by atoms with Gasteiger partial charge in [-0.3, -0.25) is 9.00 Å². The van der Waals surface area contributed by atoms with Crippen molar-refractivity contribution in [3.63, 3.8) is 0 Å². The number of aromatic nitrogens is 1. The molecule has 144 valence electrons. The van der Waals surface area contributed by atoms with Crippen LogP contribution in [-0.4, -0.2) is 57.7 Å². The summed E-state index contributed by atoms with van der Waals surface area (Å²) in [7, 11) is -0.829. The Bertz CT molecular complexity index is 698. The van der Waals surface area contributed by atoms with Gasteiger partial charge in [0.1, 0.15) is 5.82 Å². The molecule has 26 heavy (non-hydrogen) atoms. The van der Waals surface area contributed by atoms with E-state index in [1.807, 2.05) is 4.90 Å². The lowest BCUT2D eigenvalue weighted by Gasteiger charge is -2.36. The minimum absolute atomic E-state index is 0.0388. The van der Waals surface area contributed by atoms with Crippen LogP contribution in [0.25, 0.3) is 0 Å². The summed E-state index contributed by atoms with van der Waals surface area (Å²) in [6.45, 7) is 2.07. The molecule has 0 aromatic carbocycles. The Kier molecular flexibility index (Phi) is 5.76. The molecule has 0 saturated carbocycles. The maximum absolute atomic E-state index is 12.7. The quantitative estimate of drug-likeness (QED) is 0.753. The molecular formula is C16H19ClF3N3O2S. The first-order valence-corrected chi connectivity index (χ1v) is 10.2. The molecular weight excluding hydrogens is 391 g/mol. The molecule has 1 amide bonds. The van der Waals surface area contributed by atoms with E-state index in [1.165, 1.54) is 0 Å². The van der Waals surface area contributed by atoms with Crippen LogP contribution in [0.1, 0.15) is 18.4 Å². The van der Waals surface area contributed by atoms with Crippen LogP contribution < -0.4 is 4.90 Å². The summed E-state index contributed by atoms with van der Waals surface area (Å²) >= 11 is 5.99. The predicted molar refractivity (Wildman–Crippen MR) is 93.6 cm³/mol. The molecule has 10 heteroatoms. The normalized spacial score (nSPS) is 20.5. The highest BCUT2D eigenvalue weighted by Gasteiger charge is 2.34. The van der Waals surface area contributed by atoms with Crippen molar-refractivity contribution >= 4 is 34.1 Å². The number of amides is 1. The van der Waals surface area contributed by atoms with Crippen molar-refractivity contribution in [3.05, 3.63) is 22.8 Å². The number of rotatable bonds is 2. The number of hydrogen-bond donors (Lipinski definition) is 0. The summed E-state index contributed by atoms with van der Waals surface area (Å²) in [6.07, 6.45) is -2.51. The van der Waals surface area contributed by atoms with Gasteiger partial charge >= 0.3 is 6.18 Å². The number of pyridine rings is 1. The highest BCUT2D eigenvalue weighted by Crippen LogP contribution is 2.34. The molecule has 0 N–H and O–H groups in total. The minimum atomic E-state index is -4.48. The lowest BCUT2D eigenvalue weighted by Crippen LogP contribution is -2.47. The predicted octanol–water partition coefficient (Wildman–Crippen LogP) is 2.56. The SMILES string of the molecule is O=C(C1CCN(c2ncc(C(F)(F)F)cc2Cl)CC1)N1CCS(=O)CC1. The van der Waals surface area contributed by atoms with E-state index >= 15 is 0 Å². The van der Waals surface area contributed by atoms with E-state index in [1.54, 1.807) is 4.90 Å². The molecule has 5 nitrogen and oxygen atoms in total. The zero-order valence-electron chi connectivity index (χ0n) is 14.0. The van der Waals surface area contributed by atoms with Crippen LogP contribution in [-0.2, 0) is 21.8 Å². The Morgan fingerprint density at radius 3 is 2.35 bits per heavy atom. The van der Waals surface area contributed by atoms with Crippen molar-refractivity contribution in [2.24, 2.45) is 5.92 Å². The fraction of sp³-hybridized carbons (Fsp3) is 0.625. The first-order chi connectivity index (χ1) is 12.3. The largest absolute Gasteiger partial charge is 0.417 e. The van der Waals surface area contributed by atoms with Gasteiger partial charge in [-0.25, -0.2) is 4.98 Å². The monoisotopic (exact) mass is 409 g/mol. The van der Waals surface area contributed by atoms with E-state index < -0.39 is 22.5 Å². The van der Waals surface area contributed by atoms with Gasteiger partial charge in [-0.2, -0.15) is 13.2 Å². The molecule has 0 aliphatic carbocycles. The molecule has 2 fully saturated rings. The molecule has 0 spiro atoms. The number of carbonyl (C=O) groups is 1. The first-order valence-electron chi connectivity index (χ1n) is 8.37. The third-order valence-electron chi connectivity index (χ3n) is 4.78. The van der Waals surface area contributed by atoms with E-state index in [0.29, 0.717) is 56.3 Å². The Hall–Kier alpha value is -1.35. The van der Waals surface area contributed by atoms with Gasteiger partial charge in [-0.1, -0.05) is 11.6 Å². The molecule has 1 aromatic rings. The van der Waals surface area contributed by atoms with Crippen molar-refractivity contribution in [2.75, 3.05) is 42.6 Å². The Morgan fingerprint density at radius 1 is 1.19 bits per heavy atom. The second-order valence-corrected chi connectivity index (χ2v) is 8.57. The average Bonchev–Trinajstić information content (AvgIpc) is 2.61. The van der Waals surface area contributed by atoms with E-state index in [0.717, 1.165) is 12.3 Å². The van der Waals surface area contributed by atoms with Gasteiger partial charge in [0.2, 0.25) is 5.91 Å². The van der Waals surface area contributed by atoms with Gasteiger partial charge in [-0.15, -0.1) is 0 Å². The molecule has 0 bridgehead atoms. The molecule has 0 atom stereocenters. The molecule has 2 aliphatic rings. The van der Waals surface area contributed by atoms with Gasteiger partial charge in [0.05, 0.1) is 10.6 Å². The highest BCUT2D eigenvalue weighted by atomic mass is 35.5. The molecule has 0 radical (unpaired) electrons. The van der Waals surface area contributed by atoms with Crippen LogP contribution >= 0.6 is 11.6 Å². The number of carbonyl (C=O) groups excluding carboxylic acids is 1. The molecule has 3 rings (SSSR count). The van der Waals surface area contributed by atoms with Crippen LogP contribution in [0.3, 0.4) is 0 Å². The van der Waals surface area contributed by atoms with Gasteiger partial charge in [0.15, 0.2) is 0 Å². The third-order valence-corrected chi connectivity index (χ3v) is 6.34. The van der Waals surface area contributed by atoms with E-state index in [2.05, 4.69) is 4.98 Å². The van der Waals surface area contributed by atoms with E-state index in [-0.39, 0.29) is 16.8 Å². The van der Waals surface area contributed by atoms with E-state index in [9.17, 15) is 22.2 Å². The number of anilines is 1. The zero-order chi connectivity index (χ0) is 18.9. The first kappa shape index (κ1) is 19.4. The van der Waals surface area contributed by atoms with Crippen LogP contribution in [0.2, 0.25) is 5.02 Å². The number of hydrogen-bond acceptors (Lipinski definition) is 4. The fourth-order valence-electron chi connectivity index (χ4n) is 3.27. The second kappa shape index (κ2) is 7.72. The third kappa shape index (κ3) is 4.31. The Balaban J connectivity index is 1.60. The number of piperidine rings is 1. The molecule has 0 unspecified atom stereocenters. The van der Waals surface area contributed by atoms with Crippen molar-refractivity contribution in [1.29, 1.82) is 0 Å². The summed E-state index contributed by atoms with van der Waals surface area (Å²) in [4.78, 5) is 20.0. The number of halogens is 4. The summed E-state index contributed by atoms with van der Waals surface area (Å²) in [5.74, 6) is 1.32. The molecule has 3 heterocycles. The van der Waals surface area contributed by atoms with Crippen molar-refractivity contribution < 1.29 is 22.2 Å². The van der Waals surface area contributed by atoms with Crippen LogP contribution in [0.5, 0.6) is 0 Å². The van der Waals surface area contributed by atoms with Gasteiger partial charge < -0.3 is 9.80 Å². The number of nitrogens with zero attached hydrogens (tertiary/aromatic N) is 3. The Morgan fingerprint density at radius 2 is 1.81 bits per heavy atom. The van der Waals surface area contributed by atoms with Crippen molar-refractivity contribution in [1.82, 2.24) is 9.88 Å². The fourth-order valence-corrected chi connectivity index (χ4v) is 4.61. The average molecular weight is 410 g/mol. The highest BCUT2D eigenvalue weighted by molar-refractivity contribution is 7.85. The lowest BCUT2D eigenvalue weighted by atomic mass is 9.95. The zero-order valence-corrected chi connectivity index (χ0v) is 15.5. The standard InChI is InChI=1S/C16H19ClF3N3O2S/c17-13-9-12(16(18,19)20)10-21-14(13)22-3-1-11(2-4-22)15(24)23-5-7-26(25)8-6-23/h9-11H,1-8H2. The van der Waals surface area contributed by atoms with E-state index in [4.69, 9.17) is 11.6 Å². The minimum Gasteiger partial charge on any atom is -0.355 e. The topological polar surface area (TPSA) is 53.5 Å². The number of alkyl halides is 3. The van der Waals surface area contributed by atoms with Gasteiger partial charge in [0.25, 0.3) is 0 Å². The maximum atomic E-state index is 12.7. The molecule has 2 saturated heterocycles. The Labute approximate surface area is 157 Å². The summed E-state index contributed by atoms with van der Waals surface area (Å²) in [5, 5.41) is -0.0388. The van der Waals surface area contributed by atoms with Crippen LogP contribution in [0, 0.1) is 5.92 Å². The second-order valence-electron chi connectivity index (χ2n) is 6.46. The van der Waals surface area contributed by atoms with Gasteiger partial charge in [0, 0.05) is 60.6 Å². The van der Waals surface area contributed by atoms with Crippen LogP contribution in [0.4, 0.5) is 19.0 Å². The summed E-state index contributed by atoms with van der Waals surface area (Å²) in [6, 6.07) is 0.884. The molecule has 2 aliphatic heterocycles. The summed E-state index contributed by atoms with van der Waals surface area (Å²) < 4.78 is 49.5. The van der Waals surface area contributed by atoms with Crippen molar-refractivity contribution in [3.8, 4) is 0 Å². The van der Waals surface area contributed by atoms with Crippen LogP contribution in [0.15, 0.2) is 12.3 Å². The summed E-state index contributed by atoms with van der Waals surface area (Å²) in [5.41, 5.74) is -0.876. The molecule has 1 aromatic heterocycles. The van der Waals surface area contributed by atoms with Gasteiger partial charge in [-0.05, 0) is 18.9 Å². The van der Waals surface area contributed by atoms with Crippen molar-refractivity contribution in [2.45, 2.75) is 19.0 Å². The smallest absolute Gasteiger partial charge is 0.355 e. The maximum Gasteiger partial charge on any atom is 0.417 e. The lowest BCUT2D eigenvalue weighted by molar-refractivity contribution is -0.138.